The number of hydrogen-bond donors (Lipinski definition) is 1. The predicted molar refractivity (Wildman–Crippen MR) is 175 cm³/mol. The highest BCUT2D eigenvalue weighted by Crippen LogP contribution is 2.39. The van der Waals surface area contributed by atoms with Gasteiger partial charge in [0.2, 0.25) is 5.91 Å². The molecule has 1 amide bonds. The normalized spacial score (nSPS) is 17.1. The third-order valence-corrected chi connectivity index (χ3v) is 11.1. The standard InChI is InChI=1S/C31H44FN5O4Si2/c1-39-28-14-21-17-33-37(20-41-11-13-43(5,6)7)27(21)16-23(28)25-18-36(19-40-10-12-42(2,3)4)30-22(25)8-9-29(34-30)35-31(38)24-15-26(24)32/h8-9,14,16-18,24,26H,10-13,15,19-20H2,1-7H3,(H,34,35,38)/t24-,26+/m1/s1. The summed E-state index contributed by atoms with van der Waals surface area (Å²) < 4.78 is 35.3. The van der Waals surface area contributed by atoms with Crippen molar-refractivity contribution in [3.8, 4) is 16.9 Å². The molecule has 2 atom stereocenters. The number of nitrogens with zero attached hydrogens (tertiary/aromatic N) is 4. The van der Waals surface area contributed by atoms with Crippen molar-refractivity contribution in [3.63, 3.8) is 0 Å². The molecule has 1 saturated carbocycles. The third-order valence-electron chi connectivity index (χ3n) is 7.71. The summed E-state index contributed by atoms with van der Waals surface area (Å²) in [6.07, 6.45) is 3.05. The second-order valence-electron chi connectivity index (χ2n) is 13.9. The van der Waals surface area contributed by atoms with Crippen molar-refractivity contribution >= 4 is 49.8 Å². The van der Waals surface area contributed by atoms with E-state index in [-0.39, 0.29) is 12.3 Å². The summed E-state index contributed by atoms with van der Waals surface area (Å²) in [6.45, 7) is 16.0. The topological polar surface area (TPSA) is 92.4 Å². The van der Waals surface area contributed by atoms with Gasteiger partial charge in [0.05, 0.1) is 24.7 Å². The molecule has 0 bridgehead atoms. The zero-order chi connectivity index (χ0) is 30.9. The van der Waals surface area contributed by atoms with Gasteiger partial charge in [0.15, 0.2) is 0 Å². The van der Waals surface area contributed by atoms with E-state index in [0.29, 0.717) is 43.9 Å². The van der Waals surface area contributed by atoms with Gasteiger partial charge < -0.3 is 24.1 Å². The second-order valence-corrected chi connectivity index (χ2v) is 25.1. The molecule has 1 fully saturated rings. The number of pyridine rings is 1. The van der Waals surface area contributed by atoms with Gasteiger partial charge in [0.1, 0.15) is 36.8 Å². The number of carbonyl (C=O) groups is 1. The fourth-order valence-electron chi connectivity index (χ4n) is 4.86. The van der Waals surface area contributed by atoms with E-state index in [1.807, 2.05) is 33.8 Å². The Labute approximate surface area is 254 Å². The van der Waals surface area contributed by atoms with Gasteiger partial charge in [-0.1, -0.05) is 39.3 Å². The Morgan fingerprint density at radius 3 is 2.33 bits per heavy atom. The van der Waals surface area contributed by atoms with Gasteiger partial charge in [-0.25, -0.2) is 14.1 Å². The van der Waals surface area contributed by atoms with Crippen molar-refractivity contribution in [3.05, 3.63) is 36.7 Å². The summed E-state index contributed by atoms with van der Waals surface area (Å²) >= 11 is 0. The molecule has 3 heterocycles. The summed E-state index contributed by atoms with van der Waals surface area (Å²) in [6, 6.07) is 9.92. The molecule has 1 aliphatic carbocycles. The summed E-state index contributed by atoms with van der Waals surface area (Å²) in [5.74, 6) is 0.174. The lowest BCUT2D eigenvalue weighted by Crippen LogP contribution is -2.22. The van der Waals surface area contributed by atoms with Crippen LogP contribution in [0.3, 0.4) is 0 Å². The maximum absolute atomic E-state index is 13.5. The van der Waals surface area contributed by atoms with Gasteiger partial charge in [0.25, 0.3) is 0 Å². The molecule has 0 saturated heterocycles. The number of carbonyl (C=O) groups excluding carboxylic acids is 1. The summed E-state index contributed by atoms with van der Waals surface area (Å²) in [5.41, 5.74) is 3.42. The molecule has 0 radical (unpaired) electrons. The van der Waals surface area contributed by atoms with Gasteiger partial charge in [-0.2, -0.15) is 5.10 Å². The number of fused-ring (bicyclic) bond motifs is 2. The number of aromatic nitrogens is 4. The van der Waals surface area contributed by atoms with E-state index in [1.165, 1.54) is 0 Å². The van der Waals surface area contributed by atoms with Crippen LogP contribution in [0.4, 0.5) is 10.2 Å². The van der Waals surface area contributed by atoms with E-state index in [2.05, 4.69) is 55.8 Å². The van der Waals surface area contributed by atoms with Gasteiger partial charge in [-0.15, -0.1) is 0 Å². The number of ether oxygens (including phenoxy) is 3. The number of rotatable bonds is 14. The van der Waals surface area contributed by atoms with E-state index in [0.717, 1.165) is 39.5 Å². The Balaban J connectivity index is 1.49. The number of hydrogen-bond acceptors (Lipinski definition) is 6. The van der Waals surface area contributed by atoms with E-state index in [1.54, 1.807) is 13.2 Å². The van der Waals surface area contributed by atoms with Gasteiger partial charge in [-0.05, 0) is 42.8 Å². The Morgan fingerprint density at radius 2 is 1.70 bits per heavy atom. The van der Waals surface area contributed by atoms with Crippen molar-refractivity contribution in [2.24, 2.45) is 5.92 Å². The molecule has 3 aromatic heterocycles. The van der Waals surface area contributed by atoms with Crippen molar-refractivity contribution < 1.29 is 23.4 Å². The highest BCUT2D eigenvalue weighted by atomic mass is 28.3. The molecule has 232 valence electrons. The van der Waals surface area contributed by atoms with Crippen LogP contribution in [0.1, 0.15) is 6.42 Å². The molecule has 0 spiro atoms. The average Bonchev–Trinajstić information content (AvgIpc) is 3.39. The number of halogens is 1. The SMILES string of the molecule is COc1cc2cnn(COCC[Si](C)(C)C)c2cc1-c1cn(COCC[Si](C)(C)C)c2nc(NC(=O)[C@@H]3C[C@@H]3F)ccc12. The van der Waals surface area contributed by atoms with Crippen LogP contribution in [-0.4, -0.2) is 67.9 Å². The minimum atomic E-state index is -1.25. The van der Waals surface area contributed by atoms with Crippen LogP contribution in [0.5, 0.6) is 5.75 Å². The maximum Gasteiger partial charge on any atom is 0.231 e. The van der Waals surface area contributed by atoms with Gasteiger partial charge in [0, 0.05) is 57.5 Å². The lowest BCUT2D eigenvalue weighted by Gasteiger charge is -2.15. The van der Waals surface area contributed by atoms with E-state index < -0.39 is 28.2 Å². The van der Waals surface area contributed by atoms with Crippen molar-refractivity contribution in [1.29, 1.82) is 0 Å². The molecule has 9 nitrogen and oxygen atoms in total. The van der Waals surface area contributed by atoms with Crippen LogP contribution in [0.25, 0.3) is 33.1 Å². The first-order chi connectivity index (χ1) is 20.3. The molecule has 12 heteroatoms. The Hall–Kier alpha value is -3.07. The second kappa shape index (κ2) is 12.5. The smallest absolute Gasteiger partial charge is 0.231 e. The first-order valence-corrected chi connectivity index (χ1v) is 22.4. The van der Waals surface area contributed by atoms with Gasteiger partial charge in [-0.3, -0.25) is 4.79 Å². The van der Waals surface area contributed by atoms with Crippen molar-refractivity contribution in [2.75, 3.05) is 25.6 Å². The molecular formula is C31H44FN5O4Si2. The molecule has 43 heavy (non-hydrogen) atoms. The average molecular weight is 626 g/mol. The van der Waals surface area contributed by atoms with Gasteiger partial charge >= 0.3 is 0 Å². The Kier molecular flexibility index (Phi) is 9.12. The molecular weight excluding hydrogens is 582 g/mol. The monoisotopic (exact) mass is 625 g/mol. The van der Waals surface area contributed by atoms with Crippen LogP contribution < -0.4 is 10.1 Å². The highest BCUT2D eigenvalue weighted by Gasteiger charge is 2.43. The lowest BCUT2D eigenvalue weighted by atomic mass is 10.0. The van der Waals surface area contributed by atoms with E-state index >= 15 is 0 Å². The fourth-order valence-corrected chi connectivity index (χ4v) is 6.37. The lowest BCUT2D eigenvalue weighted by molar-refractivity contribution is -0.117. The maximum atomic E-state index is 13.5. The van der Waals surface area contributed by atoms with Crippen molar-refractivity contribution in [2.45, 2.75) is 77.4 Å². The zero-order valence-corrected chi connectivity index (χ0v) is 28.4. The number of nitrogens with one attached hydrogen (secondary N) is 1. The number of alkyl halides is 1. The molecule has 4 aromatic rings. The molecule has 1 N–H and O–H groups in total. The van der Waals surface area contributed by atoms with E-state index in [4.69, 9.17) is 19.2 Å². The molecule has 1 aliphatic rings. The third kappa shape index (κ3) is 7.72. The minimum absolute atomic E-state index is 0.266. The first kappa shape index (κ1) is 31.4. The zero-order valence-electron chi connectivity index (χ0n) is 26.4. The number of amides is 1. The highest BCUT2D eigenvalue weighted by molar-refractivity contribution is 6.76. The molecule has 0 aliphatic heterocycles. The molecule has 0 unspecified atom stereocenters. The Bertz CT molecular complexity index is 1610. The largest absolute Gasteiger partial charge is 0.496 e. The predicted octanol–water partition coefficient (Wildman–Crippen LogP) is 6.98. The summed E-state index contributed by atoms with van der Waals surface area (Å²) in [5, 5.41) is 9.22. The number of benzene rings is 1. The van der Waals surface area contributed by atoms with E-state index in [9.17, 15) is 9.18 Å². The van der Waals surface area contributed by atoms with Crippen LogP contribution >= 0.6 is 0 Å². The number of anilines is 1. The Morgan fingerprint density at radius 1 is 1.02 bits per heavy atom. The summed E-state index contributed by atoms with van der Waals surface area (Å²) in [7, 11) is -0.783. The first-order valence-electron chi connectivity index (χ1n) is 15.0. The molecule has 5 rings (SSSR count). The number of methoxy groups -OCH3 is 1. The minimum Gasteiger partial charge on any atom is -0.496 e. The van der Waals surface area contributed by atoms with Crippen molar-refractivity contribution in [1.82, 2.24) is 19.3 Å². The van der Waals surface area contributed by atoms with Crippen LogP contribution in [0.2, 0.25) is 51.4 Å². The molecule has 1 aromatic carbocycles. The van der Waals surface area contributed by atoms with Crippen LogP contribution in [0, 0.1) is 5.92 Å². The fraction of sp³-hybridized carbons (Fsp3) is 0.516. The van der Waals surface area contributed by atoms with Crippen LogP contribution in [0.15, 0.2) is 36.7 Å². The van der Waals surface area contributed by atoms with Crippen LogP contribution in [-0.2, 0) is 27.7 Å². The summed E-state index contributed by atoms with van der Waals surface area (Å²) in [4.78, 5) is 17.2. The quantitative estimate of drug-likeness (QED) is 0.120.